The first-order valence-electron chi connectivity index (χ1n) is 9.67. The van der Waals surface area contributed by atoms with Gasteiger partial charge in [0, 0.05) is 24.0 Å². The molecule has 10 heteroatoms. The average molecular weight is 424 g/mol. The monoisotopic (exact) mass is 424 g/mol. The van der Waals surface area contributed by atoms with Gasteiger partial charge in [0.2, 0.25) is 5.95 Å². The van der Waals surface area contributed by atoms with Crippen molar-refractivity contribution >= 4 is 23.1 Å². The van der Waals surface area contributed by atoms with E-state index in [4.69, 9.17) is 4.74 Å². The van der Waals surface area contributed by atoms with Gasteiger partial charge in [0.25, 0.3) is 5.69 Å². The highest BCUT2D eigenvalue weighted by Gasteiger charge is 2.18. The van der Waals surface area contributed by atoms with E-state index in [2.05, 4.69) is 25.6 Å². The van der Waals surface area contributed by atoms with Crippen molar-refractivity contribution in [2.24, 2.45) is 5.92 Å². The molecule has 2 heterocycles. The fourth-order valence-electron chi connectivity index (χ4n) is 2.86. The number of hydrogen-bond donors (Lipinski definition) is 3. The topological polar surface area (TPSA) is 135 Å². The van der Waals surface area contributed by atoms with E-state index in [0.29, 0.717) is 17.3 Å². The second kappa shape index (κ2) is 9.81. The summed E-state index contributed by atoms with van der Waals surface area (Å²) in [6.45, 7) is 3.85. The minimum atomic E-state index is -0.492. The number of rotatable bonds is 9. The predicted octanol–water partition coefficient (Wildman–Crippen LogP) is 3.63. The minimum absolute atomic E-state index is 0.0924. The predicted molar refractivity (Wildman–Crippen MR) is 118 cm³/mol. The van der Waals surface area contributed by atoms with Gasteiger partial charge in [0.1, 0.15) is 17.3 Å². The molecular weight excluding hydrogens is 400 g/mol. The number of aliphatic hydroxyl groups is 1. The van der Waals surface area contributed by atoms with E-state index in [1.807, 2.05) is 19.9 Å². The molecule has 0 fully saturated rings. The van der Waals surface area contributed by atoms with Gasteiger partial charge in [-0.05, 0) is 30.2 Å². The van der Waals surface area contributed by atoms with E-state index < -0.39 is 4.92 Å². The fraction of sp³-hybridized carbons (Fsp3) is 0.286. The van der Waals surface area contributed by atoms with Crippen molar-refractivity contribution in [3.05, 3.63) is 58.9 Å². The zero-order valence-corrected chi connectivity index (χ0v) is 17.4. The van der Waals surface area contributed by atoms with Crippen molar-refractivity contribution in [2.45, 2.75) is 19.9 Å². The van der Waals surface area contributed by atoms with Crippen LogP contribution in [0, 0.1) is 16.0 Å². The molecule has 1 atom stereocenters. The zero-order valence-electron chi connectivity index (χ0n) is 17.4. The van der Waals surface area contributed by atoms with Crippen LogP contribution in [-0.4, -0.2) is 44.7 Å². The first-order chi connectivity index (χ1) is 14.9. The molecule has 0 aliphatic heterocycles. The Morgan fingerprint density at radius 1 is 1.23 bits per heavy atom. The molecule has 162 valence electrons. The van der Waals surface area contributed by atoms with E-state index in [1.165, 1.54) is 13.2 Å². The lowest BCUT2D eigenvalue weighted by molar-refractivity contribution is -0.384. The Morgan fingerprint density at radius 3 is 2.65 bits per heavy atom. The van der Waals surface area contributed by atoms with E-state index in [-0.39, 0.29) is 35.9 Å². The average Bonchev–Trinajstić information content (AvgIpc) is 2.77. The molecule has 3 N–H and O–H groups in total. The van der Waals surface area contributed by atoms with Crippen LogP contribution in [0.25, 0.3) is 11.3 Å². The van der Waals surface area contributed by atoms with Crippen LogP contribution in [0.2, 0.25) is 0 Å². The molecule has 0 saturated heterocycles. The van der Waals surface area contributed by atoms with E-state index in [9.17, 15) is 15.2 Å². The number of aromatic nitrogens is 3. The normalized spacial score (nSPS) is 11.8. The number of benzene rings is 1. The molecule has 10 nitrogen and oxygen atoms in total. The minimum Gasteiger partial charge on any atom is -0.496 e. The van der Waals surface area contributed by atoms with Crippen molar-refractivity contribution in [1.29, 1.82) is 0 Å². The highest BCUT2D eigenvalue weighted by atomic mass is 16.6. The Kier molecular flexibility index (Phi) is 6.93. The summed E-state index contributed by atoms with van der Waals surface area (Å²) in [5, 5.41) is 27.3. The number of nitrogens with zero attached hydrogens (tertiary/aromatic N) is 4. The first kappa shape index (κ1) is 21.9. The molecule has 2 aromatic heterocycles. The Balaban J connectivity index is 2.03. The molecule has 31 heavy (non-hydrogen) atoms. The molecule has 0 unspecified atom stereocenters. The van der Waals surface area contributed by atoms with Gasteiger partial charge in [0.15, 0.2) is 0 Å². The van der Waals surface area contributed by atoms with Gasteiger partial charge < -0.3 is 20.5 Å². The van der Waals surface area contributed by atoms with Gasteiger partial charge >= 0.3 is 0 Å². The number of aliphatic hydroxyl groups excluding tert-OH is 1. The van der Waals surface area contributed by atoms with Crippen molar-refractivity contribution < 1.29 is 14.8 Å². The SMILES string of the molecule is COc1ccc(Nc2cc(-c3cccnc3)nc(N[C@H](CO)C(C)C)n2)c([N+](=O)[O-])c1. The van der Waals surface area contributed by atoms with Gasteiger partial charge in [-0.3, -0.25) is 15.1 Å². The number of nitro benzene ring substituents is 1. The maximum atomic E-state index is 11.5. The Morgan fingerprint density at radius 2 is 2.03 bits per heavy atom. The van der Waals surface area contributed by atoms with Gasteiger partial charge in [-0.15, -0.1) is 0 Å². The largest absolute Gasteiger partial charge is 0.496 e. The summed E-state index contributed by atoms with van der Waals surface area (Å²) in [7, 11) is 1.45. The number of ether oxygens (including phenoxy) is 1. The van der Waals surface area contributed by atoms with Gasteiger partial charge in [-0.2, -0.15) is 4.98 Å². The third-order valence-electron chi connectivity index (χ3n) is 4.66. The molecule has 0 aliphatic rings. The van der Waals surface area contributed by atoms with E-state index in [1.54, 1.807) is 36.7 Å². The Labute approximate surface area is 179 Å². The number of hydrogen-bond acceptors (Lipinski definition) is 9. The molecule has 0 spiro atoms. The maximum absolute atomic E-state index is 11.5. The third kappa shape index (κ3) is 5.43. The second-order valence-electron chi connectivity index (χ2n) is 7.15. The summed E-state index contributed by atoms with van der Waals surface area (Å²) in [5.74, 6) is 1.15. The molecule has 3 rings (SSSR count). The Hall–Kier alpha value is -3.79. The van der Waals surface area contributed by atoms with Crippen molar-refractivity contribution in [2.75, 3.05) is 24.4 Å². The summed E-state index contributed by atoms with van der Waals surface area (Å²) in [6.07, 6.45) is 3.32. The number of pyridine rings is 1. The fourth-order valence-corrected chi connectivity index (χ4v) is 2.86. The highest BCUT2D eigenvalue weighted by Crippen LogP contribution is 2.32. The summed E-state index contributed by atoms with van der Waals surface area (Å²) in [4.78, 5) is 24.1. The smallest absolute Gasteiger partial charge is 0.296 e. The highest BCUT2D eigenvalue weighted by molar-refractivity contribution is 5.72. The number of methoxy groups -OCH3 is 1. The lowest BCUT2D eigenvalue weighted by atomic mass is 10.1. The zero-order chi connectivity index (χ0) is 22.4. The van der Waals surface area contributed by atoms with Crippen molar-refractivity contribution in [3.63, 3.8) is 0 Å². The Bertz CT molecular complexity index is 1050. The van der Waals surface area contributed by atoms with Crippen molar-refractivity contribution in [3.8, 4) is 17.0 Å². The van der Waals surface area contributed by atoms with Crippen LogP contribution in [0.4, 0.5) is 23.1 Å². The van der Waals surface area contributed by atoms with Crippen LogP contribution in [0.3, 0.4) is 0 Å². The first-order valence-corrected chi connectivity index (χ1v) is 9.67. The standard InChI is InChI=1S/C21H24N6O4/c1-13(2)18(12-28)25-21-24-17(14-5-4-8-22-11-14)10-20(26-21)23-16-7-6-15(31-3)9-19(16)27(29)30/h4-11,13,18,28H,12H2,1-3H3,(H2,23,24,25,26)/t18-/m1/s1. The van der Waals surface area contributed by atoms with Crippen LogP contribution in [-0.2, 0) is 0 Å². The van der Waals surface area contributed by atoms with Crippen LogP contribution < -0.4 is 15.4 Å². The summed E-state index contributed by atoms with van der Waals surface area (Å²) >= 11 is 0. The summed E-state index contributed by atoms with van der Waals surface area (Å²) in [6, 6.07) is 9.58. The van der Waals surface area contributed by atoms with Crippen LogP contribution in [0.15, 0.2) is 48.8 Å². The molecular formula is C21H24N6O4. The lowest BCUT2D eigenvalue weighted by Gasteiger charge is -2.20. The van der Waals surface area contributed by atoms with Gasteiger partial charge in [-0.25, -0.2) is 4.98 Å². The van der Waals surface area contributed by atoms with Crippen molar-refractivity contribution in [1.82, 2.24) is 15.0 Å². The van der Waals surface area contributed by atoms with Gasteiger partial charge in [0.05, 0.1) is 36.4 Å². The molecule has 0 saturated carbocycles. The quantitative estimate of drug-likeness (QED) is 0.347. The van der Waals surface area contributed by atoms with Crippen LogP contribution >= 0.6 is 0 Å². The van der Waals surface area contributed by atoms with Crippen LogP contribution in [0.1, 0.15) is 13.8 Å². The molecule has 3 aromatic rings. The molecule has 0 aliphatic carbocycles. The lowest BCUT2D eigenvalue weighted by Crippen LogP contribution is -2.30. The van der Waals surface area contributed by atoms with Crippen LogP contribution in [0.5, 0.6) is 5.75 Å². The maximum Gasteiger partial charge on any atom is 0.296 e. The summed E-state index contributed by atoms with van der Waals surface area (Å²) < 4.78 is 5.09. The second-order valence-corrected chi connectivity index (χ2v) is 7.15. The molecule has 0 radical (unpaired) electrons. The van der Waals surface area contributed by atoms with E-state index in [0.717, 1.165) is 5.56 Å². The van der Waals surface area contributed by atoms with E-state index >= 15 is 0 Å². The number of nitro groups is 1. The number of anilines is 3. The molecule has 1 aromatic carbocycles. The summed E-state index contributed by atoms with van der Waals surface area (Å²) in [5.41, 5.74) is 1.44. The van der Waals surface area contributed by atoms with Gasteiger partial charge in [-0.1, -0.05) is 13.8 Å². The molecule has 0 amide bonds. The third-order valence-corrected chi connectivity index (χ3v) is 4.66. The number of nitrogens with one attached hydrogen (secondary N) is 2. The molecule has 0 bridgehead atoms.